The highest BCUT2D eigenvalue weighted by molar-refractivity contribution is 5.94. The average molecular weight is 365 g/mol. The van der Waals surface area contributed by atoms with Gasteiger partial charge in [-0.1, -0.05) is 43.2 Å². The average Bonchev–Trinajstić information content (AvgIpc) is 3.13. The molecule has 0 spiro atoms. The van der Waals surface area contributed by atoms with E-state index in [0.29, 0.717) is 12.6 Å². The van der Waals surface area contributed by atoms with Gasteiger partial charge in [-0.25, -0.2) is 0 Å². The standard InChI is InChI=1S/C22H27N3O2/c26-21-19(11-12-20(23-21)17-7-2-1-3-8-17)22(27)25-14-6-13-24(15-16-25)18-9-4-5-10-18/h1-3,7-8,11-12,18H,4-6,9-10,13-16H2,(H,23,26). The lowest BCUT2D eigenvalue weighted by Crippen LogP contribution is -2.39. The Kier molecular flexibility index (Phi) is 5.39. The van der Waals surface area contributed by atoms with E-state index in [0.717, 1.165) is 37.3 Å². The molecule has 5 nitrogen and oxygen atoms in total. The molecule has 0 atom stereocenters. The van der Waals surface area contributed by atoms with Gasteiger partial charge >= 0.3 is 0 Å². The van der Waals surface area contributed by atoms with Crippen molar-refractivity contribution in [2.24, 2.45) is 0 Å². The summed E-state index contributed by atoms with van der Waals surface area (Å²) in [5.74, 6) is -0.149. The smallest absolute Gasteiger partial charge is 0.261 e. The maximum absolute atomic E-state index is 12.9. The van der Waals surface area contributed by atoms with E-state index in [4.69, 9.17) is 0 Å². The van der Waals surface area contributed by atoms with Crippen LogP contribution < -0.4 is 5.56 Å². The SMILES string of the molecule is O=C(c1ccc(-c2ccccc2)[nH]c1=O)N1CCCN(C2CCCC2)CC1. The van der Waals surface area contributed by atoms with E-state index in [-0.39, 0.29) is 17.0 Å². The van der Waals surface area contributed by atoms with E-state index >= 15 is 0 Å². The number of pyridine rings is 1. The maximum atomic E-state index is 12.9. The van der Waals surface area contributed by atoms with Gasteiger partial charge in [-0.3, -0.25) is 14.5 Å². The van der Waals surface area contributed by atoms with Gasteiger partial charge in [0.15, 0.2) is 0 Å². The molecule has 1 saturated carbocycles. The summed E-state index contributed by atoms with van der Waals surface area (Å²) < 4.78 is 0. The molecule has 1 amide bonds. The quantitative estimate of drug-likeness (QED) is 0.909. The van der Waals surface area contributed by atoms with Crippen LogP contribution in [0.1, 0.15) is 42.5 Å². The van der Waals surface area contributed by atoms with Gasteiger partial charge in [-0.05, 0) is 37.0 Å². The number of nitrogens with one attached hydrogen (secondary N) is 1. The van der Waals surface area contributed by atoms with Gasteiger partial charge in [0.2, 0.25) is 0 Å². The van der Waals surface area contributed by atoms with Crippen LogP contribution in [0.25, 0.3) is 11.3 Å². The fourth-order valence-electron chi connectivity index (χ4n) is 4.37. The normalized spacial score (nSPS) is 19.2. The van der Waals surface area contributed by atoms with Crippen molar-refractivity contribution in [1.82, 2.24) is 14.8 Å². The molecule has 2 heterocycles. The van der Waals surface area contributed by atoms with Gasteiger partial charge in [-0.2, -0.15) is 0 Å². The molecule has 4 rings (SSSR count). The first-order chi connectivity index (χ1) is 13.2. The molecule has 0 unspecified atom stereocenters. The Hall–Kier alpha value is -2.40. The number of rotatable bonds is 3. The summed E-state index contributed by atoms with van der Waals surface area (Å²) in [6, 6.07) is 13.9. The summed E-state index contributed by atoms with van der Waals surface area (Å²) in [5, 5.41) is 0. The number of benzene rings is 1. The first kappa shape index (κ1) is 18.0. The maximum Gasteiger partial charge on any atom is 0.261 e. The molecule has 1 aromatic heterocycles. The topological polar surface area (TPSA) is 56.4 Å². The van der Waals surface area contributed by atoms with Gasteiger partial charge < -0.3 is 9.88 Å². The van der Waals surface area contributed by atoms with Crippen molar-refractivity contribution in [3.05, 3.63) is 58.4 Å². The highest BCUT2D eigenvalue weighted by Gasteiger charge is 2.27. The number of aromatic amines is 1. The van der Waals surface area contributed by atoms with Crippen LogP contribution in [0.3, 0.4) is 0 Å². The largest absolute Gasteiger partial charge is 0.337 e. The van der Waals surface area contributed by atoms with Crippen LogP contribution in [0, 0.1) is 0 Å². The Labute approximate surface area is 160 Å². The summed E-state index contributed by atoms with van der Waals surface area (Å²) in [4.78, 5) is 32.7. The minimum atomic E-state index is -0.307. The van der Waals surface area contributed by atoms with Gasteiger partial charge in [0, 0.05) is 37.9 Å². The van der Waals surface area contributed by atoms with Crippen LogP contribution in [-0.4, -0.2) is 52.9 Å². The fraction of sp³-hybridized carbons (Fsp3) is 0.455. The molecule has 5 heteroatoms. The minimum absolute atomic E-state index is 0.149. The first-order valence-corrected chi connectivity index (χ1v) is 10.0. The molecule has 0 bridgehead atoms. The van der Waals surface area contributed by atoms with Gasteiger partial charge in [0.25, 0.3) is 11.5 Å². The number of hydrogen-bond acceptors (Lipinski definition) is 3. The number of nitrogens with zero attached hydrogens (tertiary/aromatic N) is 2. The van der Waals surface area contributed by atoms with Crippen molar-refractivity contribution in [2.75, 3.05) is 26.2 Å². The Morgan fingerprint density at radius 2 is 1.67 bits per heavy atom. The lowest BCUT2D eigenvalue weighted by atomic mass is 10.1. The molecule has 2 fully saturated rings. The molecule has 1 aliphatic carbocycles. The number of amides is 1. The zero-order chi connectivity index (χ0) is 18.6. The molecule has 1 saturated heterocycles. The molecular weight excluding hydrogens is 338 g/mol. The third-order valence-electron chi connectivity index (χ3n) is 5.88. The zero-order valence-corrected chi connectivity index (χ0v) is 15.7. The zero-order valence-electron chi connectivity index (χ0n) is 15.7. The Balaban J connectivity index is 1.47. The van der Waals surface area contributed by atoms with Gasteiger partial charge in [0.05, 0.1) is 0 Å². The Morgan fingerprint density at radius 1 is 0.889 bits per heavy atom. The fourth-order valence-corrected chi connectivity index (χ4v) is 4.37. The van der Waals surface area contributed by atoms with Crippen molar-refractivity contribution in [2.45, 2.75) is 38.1 Å². The van der Waals surface area contributed by atoms with Crippen LogP contribution in [-0.2, 0) is 0 Å². The molecule has 1 aromatic carbocycles. The van der Waals surface area contributed by atoms with Crippen molar-refractivity contribution >= 4 is 5.91 Å². The van der Waals surface area contributed by atoms with Crippen LogP contribution in [0.2, 0.25) is 0 Å². The van der Waals surface area contributed by atoms with E-state index in [2.05, 4.69) is 9.88 Å². The van der Waals surface area contributed by atoms with Crippen molar-refractivity contribution in [1.29, 1.82) is 0 Å². The Morgan fingerprint density at radius 3 is 2.41 bits per heavy atom. The van der Waals surface area contributed by atoms with Crippen molar-refractivity contribution < 1.29 is 4.79 Å². The second kappa shape index (κ2) is 8.09. The van der Waals surface area contributed by atoms with Gasteiger partial charge in [-0.15, -0.1) is 0 Å². The van der Waals surface area contributed by atoms with Crippen LogP contribution in [0.4, 0.5) is 0 Å². The van der Waals surface area contributed by atoms with Gasteiger partial charge in [0.1, 0.15) is 5.56 Å². The summed E-state index contributed by atoms with van der Waals surface area (Å²) >= 11 is 0. The number of hydrogen-bond donors (Lipinski definition) is 1. The van der Waals surface area contributed by atoms with Crippen molar-refractivity contribution in [3.63, 3.8) is 0 Å². The second-order valence-corrected chi connectivity index (χ2v) is 7.60. The molecule has 2 aromatic rings. The summed E-state index contributed by atoms with van der Waals surface area (Å²) in [6.07, 6.45) is 6.20. The monoisotopic (exact) mass is 365 g/mol. The molecule has 2 aliphatic rings. The molecular formula is C22H27N3O2. The summed E-state index contributed by atoms with van der Waals surface area (Å²) in [5.41, 5.74) is 1.61. The van der Waals surface area contributed by atoms with Crippen LogP contribution in [0.15, 0.2) is 47.3 Å². The molecule has 1 N–H and O–H groups in total. The lowest BCUT2D eigenvalue weighted by Gasteiger charge is -2.27. The van der Waals surface area contributed by atoms with E-state index in [1.165, 1.54) is 25.7 Å². The van der Waals surface area contributed by atoms with E-state index in [9.17, 15) is 9.59 Å². The second-order valence-electron chi connectivity index (χ2n) is 7.60. The lowest BCUT2D eigenvalue weighted by molar-refractivity contribution is 0.0756. The highest BCUT2D eigenvalue weighted by atomic mass is 16.2. The van der Waals surface area contributed by atoms with E-state index < -0.39 is 0 Å². The van der Waals surface area contributed by atoms with E-state index in [1.807, 2.05) is 41.3 Å². The highest BCUT2D eigenvalue weighted by Crippen LogP contribution is 2.24. The summed E-state index contributed by atoms with van der Waals surface area (Å²) in [6.45, 7) is 3.39. The first-order valence-electron chi connectivity index (χ1n) is 10.0. The van der Waals surface area contributed by atoms with Crippen LogP contribution >= 0.6 is 0 Å². The van der Waals surface area contributed by atoms with Crippen molar-refractivity contribution in [3.8, 4) is 11.3 Å². The molecule has 1 aliphatic heterocycles. The Bertz CT molecular complexity index is 840. The minimum Gasteiger partial charge on any atom is -0.337 e. The number of carbonyl (C=O) groups is 1. The molecule has 142 valence electrons. The third kappa shape index (κ3) is 3.98. The third-order valence-corrected chi connectivity index (χ3v) is 5.88. The van der Waals surface area contributed by atoms with E-state index in [1.54, 1.807) is 6.07 Å². The predicted molar refractivity (Wildman–Crippen MR) is 107 cm³/mol. The predicted octanol–water partition coefficient (Wildman–Crippen LogP) is 3.13. The number of carbonyl (C=O) groups excluding carboxylic acids is 1. The molecule has 27 heavy (non-hydrogen) atoms. The van der Waals surface area contributed by atoms with Crippen LogP contribution in [0.5, 0.6) is 0 Å². The summed E-state index contributed by atoms with van der Waals surface area (Å²) in [7, 11) is 0. The molecule has 0 radical (unpaired) electrons. The number of aromatic nitrogens is 1. The number of H-pyrrole nitrogens is 1.